The third kappa shape index (κ3) is 7.02. The third-order valence-electron chi connectivity index (χ3n) is 3.94. The lowest BCUT2D eigenvalue weighted by Gasteiger charge is -2.13. The van der Waals surface area contributed by atoms with Crippen LogP contribution in [-0.4, -0.2) is 32.3 Å². The Morgan fingerprint density at radius 1 is 0.926 bits per heavy atom. The standard InChI is InChI=1S/C21H27ClN2O3/c1-3-26-19-10-9-16(15-20(19)27-4-2)11-13-23-21(25)24-14-12-17-7-5-6-8-18(17)22/h5-10,15H,3-4,11-14H2,1-2H3,(H2,23,24,25). The van der Waals surface area contributed by atoms with Crippen LogP contribution in [0.25, 0.3) is 0 Å². The Balaban J connectivity index is 1.74. The first-order valence-corrected chi connectivity index (χ1v) is 9.65. The van der Waals surface area contributed by atoms with E-state index in [2.05, 4.69) is 10.6 Å². The van der Waals surface area contributed by atoms with Gasteiger partial charge in [0.15, 0.2) is 11.5 Å². The average Bonchev–Trinajstić information content (AvgIpc) is 2.66. The van der Waals surface area contributed by atoms with Crippen LogP contribution in [0.1, 0.15) is 25.0 Å². The summed E-state index contributed by atoms with van der Waals surface area (Å²) in [5, 5.41) is 6.44. The summed E-state index contributed by atoms with van der Waals surface area (Å²) >= 11 is 6.11. The van der Waals surface area contributed by atoms with E-state index in [-0.39, 0.29) is 6.03 Å². The second kappa shape index (κ2) is 11.3. The Bertz CT molecular complexity index is 737. The molecule has 2 aromatic carbocycles. The summed E-state index contributed by atoms with van der Waals surface area (Å²) in [7, 11) is 0. The van der Waals surface area contributed by atoms with Gasteiger partial charge < -0.3 is 20.1 Å². The van der Waals surface area contributed by atoms with E-state index in [0.717, 1.165) is 27.6 Å². The first-order chi connectivity index (χ1) is 13.1. The first-order valence-electron chi connectivity index (χ1n) is 9.27. The van der Waals surface area contributed by atoms with E-state index in [0.29, 0.717) is 39.1 Å². The molecule has 0 aliphatic carbocycles. The summed E-state index contributed by atoms with van der Waals surface area (Å²) in [5.74, 6) is 1.48. The fourth-order valence-electron chi connectivity index (χ4n) is 2.65. The number of carbonyl (C=O) groups is 1. The van der Waals surface area contributed by atoms with Crippen molar-refractivity contribution in [3.63, 3.8) is 0 Å². The lowest BCUT2D eigenvalue weighted by atomic mass is 10.1. The number of urea groups is 1. The Kier molecular flexibility index (Phi) is 8.78. The smallest absolute Gasteiger partial charge is 0.314 e. The summed E-state index contributed by atoms with van der Waals surface area (Å²) in [6, 6.07) is 13.3. The SMILES string of the molecule is CCOc1ccc(CCNC(=O)NCCc2ccccc2Cl)cc1OCC. The van der Waals surface area contributed by atoms with Gasteiger partial charge in [-0.15, -0.1) is 0 Å². The van der Waals surface area contributed by atoms with Crippen LogP contribution in [0.2, 0.25) is 5.02 Å². The van der Waals surface area contributed by atoms with E-state index in [1.807, 2.05) is 56.3 Å². The molecule has 2 rings (SSSR count). The zero-order valence-corrected chi connectivity index (χ0v) is 16.6. The van der Waals surface area contributed by atoms with Gasteiger partial charge in [-0.25, -0.2) is 4.79 Å². The fraction of sp³-hybridized carbons (Fsp3) is 0.381. The topological polar surface area (TPSA) is 59.6 Å². The summed E-state index contributed by atoms with van der Waals surface area (Å²) in [5.41, 5.74) is 2.11. The normalized spacial score (nSPS) is 10.3. The predicted molar refractivity (Wildman–Crippen MR) is 109 cm³/mol. The van der Waals surface area contributed by atoms with E-state index in [4.69, 9.17) is 21.1 Å². The highest BCUT2D eigenvalue weighted by Gasteiger charge is 2.07. The van der Waals surface area contributed by atoms with Gasteiger partial charge in [-0.05, 0) is 56.0 Å². The quantitative estimate of drug-likeness (QED) is 0.638. The number of nitrogens with one attached hydrogen (secondary N) is 2. The van der Waals surface area contributed by atoms with Crippen LogP contribution in [0.5, 0.6) is 11.5 Å². The van der Waals surface area contributed by atoms with Crippen LogP contribution in [0, 0.1) is 0 Å². The van der Waals surface area contributed by atoms with E-state index >= 15 is 0 Å². The van der Waals surface area contributed by atoms with Crippen molar-refractivity contribution in [2.75, 3.05) is 26.3 Å². The zero-order chi connectivity index (χ0) is 19.5. The molecule has 0 aliphatic rings. The molecule has 5 nitrogen and oxygen atoms in total. The zero-order valence-electron chi connectivity index (χ0n) is 15.9. The molecule has 2 aromatic rings. The van der Waals surface area contributed by atoms with Crippen LogP contribution in [-0.2, 0) is 12.8 Å². The number of amides is 2. The maximum Gasteiger partial charge on any atom is 0.314 e. The van der Waals surface area contributed by atoms with Crippen LogP contribution in [0.3, 0.4) is 0 Å². The van der Waals surface area contributed by atoms with Crippen molar-refractivity contribution < 1.29 is 14.3 Å². The number of hydrogen-bond acceptors (Lipinski definition) is 3. The summed E-state index contributed by atoms with van der Waals surface area (Å²) in [6.07, 6.45) is 1.41. The van der Waals surface area contributed by atoms with Crippen molar-refractivity contribution in [1.82, 2.24) is 10.6 Å². The number of halogens is 1. The van der Waals surface area contributed by atoms with Crippen LogP contribution < -0.4 is 20.1 Å². The second-order valence-corrected chi connectivity index (χ2v) is 6.33. The Hall–Kier alpha value is -2.40. The molecule has 0 saturated heterocycles. The summed E-state index contributed by atoms with van der Waals surface area (Å²) < 4.78 is 11.2. The highest BCUT2D eigenvalue weighted by molar-refractivity contribution is 6.31. The van der Waals surface area contributed by atoms with Gasteiger partial charge in [0.1, 0.15) is 0 Å². The molecule has 6 heteroatoms. The number of ether oxygens (including phenoxy) is 2. The lowest BCUT2D eigenvalue weighted by Crippen LogP contribution is -2.37. The van der Waals surface area contributed by atoms with E-state index in [1.54, 1.807) is 0 Å². The minimum absolute atomic E-state index is 0.182. The lowest BCUT2D eigenvalue weighted by molar-refractivity contribution is 0.241. The largest absolute Gasteiger partial charge is 0.490 e. The Morgan fingerprint density at radius 2 is 1.59 bits per heavy atom. The average molecular weight is 391 g/mol. The summed E-state index contributed by atoms with van der Waals surface area (Å²) in [6.45, 7) is 6.13. The molecule has 2 amide bonds. The number of benzene rings is 2. The molecule has 2 N–H and O–H groups in total. The number of rotatable bonds is 10. The molecule has 0 fully saturated rings. The van der Waals surface area contributed by atoms with Crippen molar-refractivity contribution in [1.29, 1.82) is 0 Å². The first kappa shape index (κ1) is 20.9. The third-order valence-corrected chi connectivity index (χ3v) is 4.31. The van der Waals surface area contributed by atoms with Gasteiger partial charge in [-0.1, -0.05) is 35.9 Å². The van der Waals surface area contributed by atoms with Gasteiger partial charge in [-0.2, -0.15) is 0 Å². The molecule has 0 radical (unpaired) electrons. The van der Waals surface area contributed by atoms with E-state index < -0.39 is 0 Å². The van der Waals surface area contributed by atoms with Gasteiger partial charge in [0.05, 0.1) is 13.2 Å². The molecule has 146 valence electrons. The molecule has 0 aromatic heterocycles. The van der Waals surface area contributed by atoms with E-state index in [9.17, 15) is 4.79 Å². The van der Waals surface area contributed by atoms with Gasteiger partial charge >= 0.3 is 6.03 Å². The highest BCUT2D eigenvalue weighted by Crippen LogP contribution is 2.28. The summed E-state index contributed by atoms with van der Waals surface area (Å²) in [4.78, 5) is 11.9. The molecule has 0 unspecified atom stereocenters. The van der Waals surface area contributed by atoms with Crippen LogP contribution >= 0.6 is 11.6 Å². The molecular formula is C21H27ClN2O3. The van der Waals surface area contributed by atoms with E-state index in [1.165, 1.54) is 0 Å². The molecule has 0 aliphatic heterocycles. The van der Waals surface area contributed by atoms with Crippen LogP contribution in [0.15, 0.2) is 42.5 Å². The van der Waals surface area contributed by atoms with Crippen molar-refractivity contribution in [2.24, 2.45) is 0 Å². The van der Waals surface area contributed by atoms with Crippen molar-refractivity contribution in [3.05, 3.63) is 58.6 Å². The van der Waals surface area contributed by atoms with Gasteiger partial charge in [-0.3, -0.25) is 0 Å². The van der Waals surface area contributed by atoms with Crippen LogP contribution in [0.4, 0.5) is 4.79 Å². The number of carbonyl (C=O) groups excluding carboxylic acids is 1. The highest BCUT2D eigenvalue weighted by atomic mass is 35.5. The molecule has 0 heterocycles. The van der Waals surface area contributed by atoms with Gasteiger partial charge in [0.25, 0.3) is 0 Å². The predicted octanol–water partition coefficient (Wildman–Crippen LogP) is 4.22. The molecule has 27 heavy (non-hydrogen) atoms. The molecule has 0 atom stereocenters. The maximum atomic E-state index is 11.9. The molecule has 0 saturated carbocycles. The second-order valence-electron chi connectivity index (χ2n) is 5.92. The molecule has 0 bridgehead atoms. The van der Waals surface area contributed by atoms with Crippen molar-refractivity contribution >= 4 is 17.6 Å². The number of hydrogen-bond donors (Lipinski definition) is 2. The van der Waals surface area contributed by atoms with Crippen molar-refractivity contribution in [2.45, 2.75) is 26.7 Å². The van der Waals surface area contributed by atoms with Gasteiger partial charge in [0, 0.05) is 18.1 Å². The monoisotopic (exact) mass is 390 g/mol. The molecular weight excluding hydrogens is 364 g/mol. The minimum atomic E-state index is -0.182. The maximum absolute atomic E-state index is 11.9. The Labute approximate surface area is 166 Å². The Morgan fingerprint density at radius 3 is 2.30 bits per heavy atom. The minimum Gasteiger partial charge on any atom is -0.490 e. The fourth-order valence-corrected chi connectivity index (χ4v) is 2.88. The van der Waals surface area contributed by atoms with Crippen molar-refractivity contribution in [3.8, 4) is 11.5 Å². The molecule has 0 spiro atoms. The van der Waals surface area contributed by atoms with Gasteiger partial charge in [0.2, 0.25) is 0 Å².